The molecule has 6 heteroatoms. The summed E-state index contributed by atoms with van der Waals surface area (Å²) >= 11 is 0. The molecule has 0 amide bonds. The van der Waals surface area contributed by atoms with Crippen LogP contribution in [0, 0.1) is 0 Å². The molecule has 1 atom stereocenters. The van der Waals surface area contributed by atoms with Gasteiger partial charge in [0, 0.05) is 18.3 Å². The maximum Gasteiger partial charge on any atom is 0.104 e. The molecule has 14 heavy (non-hydrogen) atoms. The minimum Gasteiger partial charge on any atom is -0.319 e. The van der Waals surface area contributed by atoms with Crippen molar-refractivity contribution in [2.24, 2.45) is 5.73 Å². The Morgan fingerprint density at radius 2 is 2.43 bits per heavy atom. The highest BCUT2D eigenvalue weighted by Gasteiger charge is 2.12. The fourth-order valence-electron chi connectivity index (χ4n) is 1.24. The van der Waals surface area contributed by atoms with Gasteiger partial charge in [0.15, 0.2) is 0 Å². The van der Waals surface area contributed by atoms with Gasteiger partial charge in [-0.15, -0.1) is 0 Å². The number of aromatic amines is 1. The van der Waals surface area contributed by atoms with Crippen LogP contribution in [-0.2, 0) is 6.54 Å². The summed E-state index contributed by atoms with van der Waals surface area (Å²) in [6, 6.07) is -0.256. The average Bonchev–Trinajstić information content (AvgIpc) is 2.88. The third kappa shape index (κ3) is 1.51. The lowest BCUT2D eigenvalue weighted by atomic mass is 10.1. The van der Waals surface area contributed by atoms with Crippen molar-refractivity contribution in [3.8, 4) is 0 Å². The number of nitrogens with zero attached hydrogens (tertiary/aromatic N) is 4. The minimum absolute atomic E-state index is 0.256. The second kappa shape index (κ2) is 3.59. The Labute approximate surface area is 81.1 Å². The van der Waals surface area contributed by atoms with Gasteiger partial charge in [-0.25, -0.2) is 0 Å². The van der Waals surface area contributed by atoms with E-state index in [0.717, 1.165) is 17.8 Å². The molecule has 2 aromatic heterocycles. The van der Waals surface area contributed by atoms with Crippen molar-refractivity contribution < 1.29 is 0 Å². The molecule has 0 aliphatic carbocycles. The molecule has 0 radical (unpaired) electrons. The number of rotatable bonds is 3. The van der Waals surface area contributed by atoms with Gasteiger partial charge in [-0.2, -0.15) is 20.5 Å². The largest absolute Gasteiger partial charge is 0.319 e. The summed E-state index contributed by atoms with van der Waals surface area (Å²) in [6.45, 7) is 2.87. The molecule has 2 heterocycles. The van der Waals surface area contributed by atoms with E-state index in [4.69, 9.17) is 5.73 Å². The third-order valence-electron chi connectivity index (χ3n) is 2.09. The summed E-state index contributed by atoms with van der Waals surface area (Å²) in [4.78, 5) is 0. The van der Waals surface area contributed by atoms with Crippen molar-refractivity contribution in [1.82, 2.24) is 25.2 Å². The normalized spacial score (nSPS) is 13.0. The van der Waals surface area contributed by atoms with Gasteiger partial charge >= 0.3 is 0 Å². The van der Waals surface area contributed by atoms with E-state index in [1.54, 1.807) is 12.4 Å². The first-order valence-corrected chi connectivity index (χ1v) is 4.45. The monoisotopic (exact) mass is 192 g/mol. The van der Waals surface area contributed by atoms with E-state index < -0.39 is 0 Å². The van der Waals surface area contributed by atoms with Crippen LogP contribution < -0.4 is 5.73 Å². The summed E-state index contributed by atoms with van der Waals surface area (Å²) in [5, 5.41) is 14.3. The zero-order valence-electron chi connectivity index (χ0n) is 7.88. The van der Waals surface area contributed by atoms with Gasteiger partial charge in [0.05, 0.1) is 18.4 Å². The number of nitrogens with two attached hydrogens (primary N) is 1. The van der Waals surface area contributed by atoms with E-state index in [1.807, 2.05) is 17.8 Å². The zero-order valence-corrected chi connectivity index (χ0v) is 7.88. The molecule has 0 aromatic carbocycles. The van der Waals surface area contributed by atoms with Crippen molar-refractivity contribution in [3.05, 3.63) is 29.8 Å². The first-order chi connectivity index (χ1) is 6.81. The van der Waals surface area contributed by atoms with Crippen LogP contribution in [0.15, 0.2) is 18.6 Å². The number of hydrogen-bond acceptors (Lipinski definition) is 4. The Morgan fingerprint density at radius 1 is 1.57 bits per heavy atom. The van der Waals surface area contributed by atoms with Crippen LogP contribution in [0.4, 0.5) is 0 Å². The first kappa shape index (κ1) is 8.89. The van der Waals surface area contributed by atoms with E-state index in [2.05, 4.69) is 20.5 Å². The van der Waals surface area contributed by atoms with Crippen LogP contribution in [0.2, 0.25) is 0 Å². The molecule has 0 spiro atoms. The van der Waals surface area contributed by atoms with Gasteiger partial charge in [-0.3, -0.25) is 4.68 Å². The lowest BCUT2D eigenvalue weighted by Gasteiger charge is -2.03. The second-order valence-electron chi connectivity index (χ2n) is 3.00. The van der Waals surface area contributed by atoms with Crippen LogP contribution in [0.3, 0.4) is 0 Å². The Bertz CT molecular complexity index is 390. The molecule has 0 saturated carbocycles. The topological polar surface area (TPSA) is 85.4 Å². The highest BCUT2D eigenvalue weighted by atomic mass is 15.3. The summed E-state index contributed by atoms with van der Waals surface area (Å²) in [7, 11) is 0. The molecular weight excluding hydrogens is 180 g/mol. The van der Waals surface area contributed by atoms with Gasteiger partial charge in [0.1, 0.15) is 5.69 Å². The van der Waals surface area contributed by atoms with Gasteiger partial charge in [0.25, 0.3) is 0 Å². The molecule has 0 aliphatic rings. The molecular formula is C8H12N6. The maximum absolute atomic E-state index is 5.95. The Morgan fingerprint density at radius 3 is 3.00 bits per heavy atom. The van der Waals surface area contributed by atoms with Gasteiger partial charge < -0.3 is 5.73 Å². The Kier molecular flexibility index (Phi) is 2.28. The molecule has 3 N–H and O–H groups in total. The molecule has 6 nitrogen and oxygen atoms in total. The van der Waals surface area contributed by atoms with Crippen molar-refractivity contribution >= 4 is 0 Å². The van der Waals surface area contributed by atoms with E-state index in [-0.39, 0.29) is 6.04 Å². The summed E-state index contributed by atoms with van der Waals surface area (Å²) < 4.78 is 1.83. The summed E-state index contributed by atoms with van der Waals surface area (Å²) in [5.41, 5.74) is 7.62. The maximum atomic E-state index is 5.95. The molecule has 0 aliphatic heterocycles. The van der Waals surface area contributed by atoms with Gasteiger partial charge in [-0.1, -0.05) is 0 Å². The average molecular weight is 192 g/mol. The van der Waals surface area contributed by atoms with Crippen molar-refractivity contribution in [1.29, 1.82) is 0 Å². The number of H-pyrrole nitrogens is 1. The highest BCUT2D eigenvalue weighted by Crippen LogP contribution is 2.15. The second-order valence-corrected chi connectivity index (χ2v) is 3.00. The summed E-state index contributed by atoms with van der Waals surface area (Å²) in [5.74, 6) is 0. The predicted octanol–water partition coefficient (Wildman–Crippen LogP) is 0.0692. The Hall–Kier alpha value is -1.69. The van der Waals surface area contributed by atoms with Crippen LogP contribution in [0.1, 0.15) is 24.2 Å². The first-order valence-electron chi connectivity index (χ1n) is 4.45. The van der Waals surface area contributed by atoms with E-state index in [0.29, 0.717) is 0 Å². The van der Waals surface area contributed by atoms with Crippen LogP contribution in [0.5, 0.6) is 0 Å². The molecule has 0 bridgehead atoms. The van der Waals surface area contributed by atoms with E-state index >= 15 is 0 Å². The van der Waals surface area contributed by atoms with Crippen molar-refractivity contribution in [2.45, 2.75) is 19.5 Å². The van der Waals surface area contributed by atoms with Gasteiger partial charge in [-0.05, 0) is 6.92 Å². The predicted molar refractivity (Wildman–Crippen MR) is 50.3 cm³/mol. The molecule has 0 saturated heterocycles. The lowest BCUT2D eigenvalue weighted by molar-refractivity contribution is 0.658. The zero-order chi connectivity index (χ0) is 9.97. The highest BCUT2D eigenvalue weighted by molar-refractivity contribution is 5.20. The van der Waals surface area contributed by atoms with Gasteiger partial charge in [0.2, 0.25) is 0 Å². The quantitative estimate of drug-likeness (QED) is 0.720. The summed E-state index contributed by atoms with van der Waals surface area (Å²) in [6.07, 6.45) is 5.29. The Balaban J connectivity index is 2.23. The van der Waals surface area contributed by atoms with Crippen molar-refractivity contribution in [3.63, 3.8) is 0 Å². The lowest BCUT2D eigenvalue weighted by Crippen LogP contribution is -2.11. The standard InChI is InChI=1S/C8H12N6/c1-2-14-5-6(3-11-14)8(9)7-4-10-13-12-7/h3-5,8H,2,9H2,1H3,(H,10,12,13). The SMILES string of the molecule is CCn1cc(C(N)c2cn[nH]n2)cn1. The minimum atomic E-state index is -0.256. The molecule has 2 rings (SSSR count). The van der Waals surface area contributed by atoms with Crippen LogP contribution in [0.25, 0.3) is 0 Å². The number of aryl methyl sites for hydroxylation is 1. The smallest absolute Gasteiger partial charge is 0.104 e. The van der Waals surface area contributed by atoms with E-state index in [1.165, 1.54) is 0 Å². The van der Waals surface area contributed by atoms with Crippen LogP contribution in [-0.4, -0.2) is 25.2 Å². The van der Waals surface area contributed by atoms with E-state index in [9.17, 15) is 0 Å². The molecule has 0 fully saturated rings. The fourth-order valence-corrected chi connectivity index (χ4v) is 1.24. The van der Waals surface area contributed by atoms with Crippen LogP contribution >= 0.6 is 0 Å². The number of nitrogens with one attached hydrogen (secondary N) is 1. The molecule has 1 unspecified atom stereocenters. The molecule has 2 aromatic rings. The fraction of sp³-hybridized carbons (Fsp3) is 0.375. The number of aromatic nitrogens is 5. The van der Waals surface area contributed by atoms with Crippen molar-refractivity contribution in [2.75, 3.05) is 0 Å². The third-order valence-corrected chi connectivity index (χ3v) is 2.09. The number of hydrogen-bond donors (Lipinski definition) is 2. The molecule has 74 valence electrons.